The van der Waals surface area contributed by atoms with Crippen LogP contribution >= 0.6 is 35.3 Å². The van der Waals surface area contributed by atoms with E-state index in [0.717, 1.165) is 57.8 Å². The number of aromatic nitrogens is 1. The maximum absolute atomic E-state index is 4.46. The van der Waals surface area contributed by atoms with Crippen LogP contribution in [-0.4, -0.2) is 55.1 Å². The summed E-state index contributed by atoms with van der Waals surface area (Å²) in [5.74, 6) is 0.902. The first-order chi connectivity index (χ1) is 11.2. The maximum atomic E-state index is 4.46. The number of aliphatic imine (C=N–C) groups is 1. The Bertz CT molecular complexity index is 509. The minimum Gasteiger partial charge on any atom is -0.356 e. The summed E-state index contributed by atoms with van der Waals surface area (Å²) in [6, 6.07) is 0.508. The molecule has 0 atom stereocenters. The Balaban J connectivity index is 0.00000288. The summed E-state index contributed by atoms with van der Waals surface area (Å²) < 4.78 is 0. The highest BCUT2D eigenvalue weighted by Crippen LogP contribution is 2.13. The van der Waals surface area contributed by atoms with Crippen molar-refractivity contribution in [2.45, 2.75) is 38.6 Å². The van der Waals surface area contributed by atoms with Gasteiger partial charge in [0.25, 0.3) is 0 Å². The summed E-state index contributed by atoms with van der Waals surface area (Å²) in [6.45, 7) is 10.1. The fourth-order valence-electron chi connectivity index (χ4n) is 2.75. The Labute approximate surface area is 167 Å². The second-order valence-corrected chi connectivity index (χ2v) is 7.03. The minimum absolute atomic E-state index is 0. The lowest BCUT2D eigenvalue weighted by molar-refractivity contribution is 0.225. The minimum atomic E-state index is 0. The third-order valence-corrected chi connectivity index (χ3v) is 5.32. The fourth-order valence-corrected chi connectivity index (χ4v) is 3.61. The molecule has 2 N–H and O–H groups in total. The van der Waals surface area contributed by atoms with Crippen LogP contribution in [-0.2, 0) is 12.8 Å². The predicted molar refractivity (Wildman–Crippen MR) is 115 cm³/mol. The van der Waals surface area contributed by atoms with Crippen molar-refractivity contribution in [1.82, 2.24) is 20.5 Å². The molecule has 1 aromatic heterocycles. The van der Waals surface area contributed by atoms with E-state index in [1.54, 1.807) is 0 Å². The van der Waals surface area contributed by atoms with E-state index in [1.807, 2.05) is 30.7 Å². The SMILES string of the molecule is C=CCN1CCC(NC(=NC)NCCc2ncc(CC)s2)CC1.I. The van der Waals surface area contributed by atoms with Crippen molar-refractivity contribution in [3.05, 3.63) is 28.7 Å². The highest BCUT2D eigenvalue weighted by atomic mass is 127. The number of hydrogen-bond donors (Lipinski definition) is 2. The predicted octanol–water partition coefficient (Wildman–Crippen LogP) is 2.68. The Morgan fingerprint density at radius 3 is 2.83 bits per heavy atom. The number of likely N-dealkylation sites (tertiary alicyclic amines) is 1. The second kappa shape index (κ2) is 11.8. The lowest BCUT2D eigenvalue weighted by atomic mass is 10.1. The van der Waals surface area contributed by atoms with Gasteiger partial charge in [0.15, 0.2) is 5.96 Å². The molecular weight excluding hydrogens is 433 g/mol. The zero-order chi connectivity index (χ0) is 16.5. The first-order valence-corrected chi connectivity index (χ1v) is 9.30. The molecule has 1 fully saturated rings. The van der Waals surface area contributed by atoms with Crippen molar-refractivity contribution in [3.63, 3.8) is 0 Å². The van der Waals surface area contributed by atoms with Crippen LogP contribution in [0.25, 0.3) is 0 Å². The van der Waals surface area contributed by atoms with Crippen LogP contribution in [0.4, 0.5) is 0 Å². The van der Waals surface area contributed by atoms with Crippen molar-refractivity contribution >= 4 is 41.3 Å². The molecule has 2 heterocycles. The van der Waals surface area contributed by atoms with Gasteiger partial charge in [-0.15, -0.1) is 41.9 Å². The van der Waals surface area contributed by atoms with Crippen LogP contribution in [0.3, 0.4) is 0 Å². The molecule has 0 spiro atoms. The van der Waals surface area contributed by atoms with Gasteiger partial charge in [-0.05, 0) is 19.3 Å². The van der Waals surface area contributed by atoms with Gasteiger partial charge in [-0.3, -0.25) is 9.89 Å². The number of hydrogen-bond acceptors (Lipinski definition) is 4. The van der Waals surface area contributed by atoms with E-state index in [9.17, 15) is 0 Å². The van der Waals surface area contributed by atoms with E-state index in [-0.39, 0.29) is 24.0 Å². The van der Waals surface area contributed by atoms with Gasteiger partial charge in [-0.2, -0.15) is 0 Å². The molecule has 0 aliphatic carbocycles. The number of halogens is 1. The van der Waals surface area contributed by atoms with Gasteiger partial charge in [0.1, 0.15) is 0 Å². The molecule has 7 heteroatoms. The van der Waals surface area contributed by atoms with Gasteiger partial charge >= 0.3 is 0 Å². The van der Waals surface area contributed by atoms with Gasteiger partial charge in [-0.25, -0.2) is 4.98 Å². The average Bonchev–Trinajstić information content (AvgIpc) is 3.04. The zero-order valence-electron chi connectivity index (χ0n) is 14.8. The third-order valence-electron chi connectivity index (χ3n) is 4.12. The number of thiazole rings is 1. The average molecular weight is 463 g/mol. The fraction of sp³-hybridized carbons (Fsp3) is 0.647. The van der Waals surface area contributed by atoms with E-state index >= 15 is 0 Å². The molecule has 136 valence electrons. The van der Waals surface area contributed by atoms with Crippen LogP contribution in [0.1, 0.15) is 29.7 Å². The Morgan fingerprint density at radius 1 is 1.50 bits per heavy atom. The quantitative estimate of drug-likeness (QED) is 0.283. The van der Waals surface area contributed by atoms with Crippen LogP contribution in [0.15, 0.2) is 23.8 Å². The number of guanidine groups is 1. The molecule has 2 rings (SSSR count). The summed E-state index contributed by atoms with van der Waals surface area (Å²) in [5.41, 5.74) is 0. The molecule has 0 saturated carbocycles. The molecule has 0 bridgehead atoms. The molecule has 0 radical (unpaired) electrons. The van der Waals surface area contributed by atoms with Crippen LogP contribution < -0.4 is 10.6 Å². The molecule has 5 nitrogen and oxygen atoms in total. The Hall–Kier alpha value is -0.670. The van der Waals surface area contributed by atoms with E-state index in [1.165, 1.54) is 9.88 Å². The van der Waals surface area contributed by atoms with Crippen molar-refractivity contribution < 1.29 is 0 Å². The number of nitrogens with one attached hydrogen (secondary N) is 2. The van der Waals surface area contributed by atoms with Crippen molar-refractivity contribution in [2.75, 3.05) is 33.2 Å². The van der Waals surface area contributed by atoms with E-state index in [2.05, 4.69) is 39.0 Å². The Kier molecular flexibility index (Phi) is 10.5. The highest BCUT2D eigenvalue weighted by Gasteiger charge is 2.18. The molecule has 1 aliphatic rings. The van der Waals surface area contributed by atoms with Gasteiger partial charge in [-0.1, -0.05) is 13.0 Å². The number of piperidine rings is 1. The van der Waals surface area contributed by atoms with Crippen LogP contribution in [0.2, 0.25) is 0 Å². The summed E-state index contributed by atoms with van der Waals surface area (Å²) in [5, 5.41) is 8.14. The van der Waals surface area contributed by atoms with Crippen LogP contribution in [0, 0.1) is 0 Å². The summed E-state index contributed by atoms with van der Waals surface area (Å²) in [7, 11) is 1.83. The summed E-state index contributed by atoms with van der Waals surface area (Å²) in [4.78, 5) is 12.6. The van der Waals surface area contributed by atoms with Crippen LogP contribution in [0.5, 0.6) is 0 Å². The van der Waals surface area contributed by atoms with Crippen molar-refractivity contribution in [2.24, 2.45) is 4.99 Å². The standard InChI is InChI=1S/C17H29N5S.HI/c1-4-10-22-11-7-14(8-12-22)21-17(18-3)19-9-6-16-20-13-15(5-2)23-16;/h4,13-14H,1,5-12H2,2-3H3,(H2,18,19,21);1H. The van der Waals surface area contributed by atoms with Crippen molar-refractivity contribution in [1.29, 1.82) is 0 Å². The first-order valence-electron chi connectivity index (χ1n) is 8.49. The smallest absolute Gasteiger partial charge is 0.191 e. The lowest BCUT2D eigenvalue weighted by Crippen LogP contribution is -2.49. The molecule has 0 unspecified atom stereocenters. The largest absolute Gasteiger partial charge is 0.356 e. The molecule has 1 aliphatic heterocycles. The van der Waals surface area contributed by atoms with Gasteiger partial charge in [0.2, 0.25) is 0 Å². The molecule has 0 amide bonds. The van der Waals surface area contributed by atoms with E-state index < -0.39 is 0 Å². The summed E-state index contributed by atoms with van der Waals surface area (Å²) in [6.07, 6.45) is 8.30. The van der Waals surface area contributed by atoms with E-state index in [4.69, 9.17) is 0 Å². The monoisotopic (exact) mass is 463 g/mol. The van der Waals surface area contributed by atoms with Gasteiger partial charge < -0.3 is 10.6 Å². The molecule has 24 heavy (non-hydrogen) atoms. The Morgan fingerprint density at radius 2 is 2.25 bits per heavy atom. The van der Waals surface area contributed by atoms with E-state index in [0.29, 0.717) is 6.04 Å². The second-order valence-electron chi connectivity index (χ2n) is 5.83. The number of rotatable bonds is 7. The first kappa shape index (κ1) is 21.4. The van der Waals surface area contributed by atoms with Gasteiger partial charge in [0.05, 0.1) is 5.01 Å². The van der Waals surface area contributed by atoms with Crippen molar-refractivity contribution in [3.8, 4) is 0 Å². The zero-order valence-corrected chi connectivity index (χ0v) is 17.9. The lowest BCUT2D eigenvalue weighted by Gasteiger charge is -2.32. The number of nitrogens with zero attached hydrogens (tertiary/aromatic N) is 3. The molecule has 0 aromatic carbocycles. The van der Waals surface area contributed by atoms with Gasteiger partial charge in [0, 0.05) is 56.8 Å². The number of aryl methyl sites for hydroxylation is 1. The molecular formula is C17H30IN5S. The topological polar surface area (TPSA) is 52.5 Å². The maximum Gasteiger partial charge on any atom is 0.191 e. The third kappa shape index (κ3) is 7.06. The molecule has 1 saturated heterocycles. The molecule has 1 aromatic rings. The normalized spacial score (nSPS) is 16.5. The highest BCUT2D eigenvalue weighted by molar-refractivity contribution is 14.0. The summed E-state index contributed by atoms with van der Waals surface area (Å²) >= 11 is 1.81.